The Kier molecular flexibility index (Phi) is 2.43. The van der Waals surface area contributed by atoms with Gasteiger partial charge in [-0.05, 0) is 18.2 Å². The Balaban J connectivity index is 2.35. The predicted molar refractivity (Wildman–Crippen MR) is 71.5 cm³/mol. The molecule has 0 atom stereocenters. The minimum absolute atomic E-state index is 0.176. The van der Waals surface area contributed by atoms with Gasteiger partial charge < -0.3 is 9.55 Å². The molecule has 0 aliphatic rings. The molecule has 0 bridgehead atoms. The number of rotatable bonds is 1. The first kappa shape index (κ1) is 11.2. The number of pyridine rings is 1. The molecular formula is C14H10N4O. The summed E-state index contributed by atoms with van der Waals surface area (Å²) in [6.07, 6.45) is 1.59. The molecule has 1 N–H and O–H groups in total. The van der Waals surface area contributed by atoms with Gasteiger partial charge in [0, 0.05) is 24.9 Å². The molecule has 1 aromatic carbocycles. The third-order valence-corrected chi connectivity index (χ3v) is 3.07. The number of hydrogen-bond donors (Lipinski definition) is 1. The lowest BCUT2D eigenvalue weighted by Crippen LogP contribution is -2.03. The summed E-state index contributed by atoms with van der Waals surface area (Å²) < 4.78 is 1.88. The van der Waals surface area contributed by atoms with E-state index in [1.807, 2.05) is 23.7 Å². The molecule has 19 heavy (non-hydrogen) atoms. The normalized spacial score (nSPS) is 10.5. The molecule has 92 valence electrons. The lowest BCUT2D eigenvalue weighted by molar-refractivity contribution is 0.958. The van der Waals surface area contributed by atoms with Crippen LogP contribution in [-0.2, 0) is 7.05 Å². The van der Waals surface area contributed by atoms with Crippen LogP contribution in [0.4, 0.5) is 0 Å². The summed E-state index contributed by atoms with van der Waals surface area (Å²) in [7, 11) is 1.87. The summed E-state index contributed by atoms with van der Waals surface area (Å²) >= 11 is 0. The zero-order chi connectivity index (χ0) is 13.4. The SMILES string of the molecule is Cn1c(-c2cc[nH]c(=O)c2)nc2c(C#N)cccc21. The van der Waals surface area contributed by atoms with Gasteiger partial charge in [-0.1, -0.05) is 6.07 Å². The third-order valence-electron chi connectivity index (χ3n) is 3.07. The maximum atomic E-state index is 11.4. The number of aryl methyl sites for hydroxylation is 1. The summed E-state index contributed by atoms with van der Waals surface area (Å²) in [5.74, 6) is 0.670. The monoisotopic (exact) mass is 250 g/mol. The number of hydrogen-bond acceptors (Lipinski definition) is 3. The predicted octanol–water partition coefficient (Wildman–Crippen LogP) is 1.80. The average molecular weight is 250 g/mol. The molecule has 3 aromatic rings. The number of imidazole rings is 1. The first-order valence-corrected chi connectivity index (χ1v) is 5.75. The number of aromatic nitrogens is 3. The van der Waals surface area contributed by atoms with Crippen LogP contribution in [-0.4, -0.2) is 14.5 Å². The molecule has 0 unspecified atom stereocenters. The van der Waals surface area contributed by atoms with Crippen molar-refractivity contribution in [1.82, 2.24) is 14.5 Å². The molecule has 2 aromatic heterocycles. The number of nitriles is 1. The van der Waals surface area contributed by atoms with E-state index in [-0.39, 0.29) is 5.56 Å². The van der Waals surface area contributed by atoms with Gasteiger partial charge in [0.25, 0.3) is 0 Å². The van der Waals surface area contributed by atoms with Crippen LogP contribution in [0.2, 0.25) is 0 Å². The van der Waals surface area contributed by atoms with Crippen LogP contribution in [0.1, 0.15) is 5.56 Å². The van der Waals surface area contributed by atoms with E-state index in [1.165, 1.54) is 6.07 Å². The Morgan fingerprint density at radius 1 is 1.37 bits per heavy atom. The van der Waals surface area contributed by atoms with Gasteiger partial charge in [0.2, 0.25) is 5.56 Å². The largest absolute Gasteiger partial charge is 0.329 e. The molecule has 0 amide bonds. The van der Waals surface area contributed by atoms with Gasteiger partial charge in [-0.3, -0.25) is 4.79 Å². The summed E-state index contributed by atoms with van der Waals surface area (Å²) in [5.41, 5.74) is 2.61. The molecule has 0 aliphatic carbocycles. The molecule has 0 radical (unpaired) electrons. The molecule has 0 aliphatic heterocycles. The Morgan fingerprint density at radius 3 is 2.95 bits per heavy atom. The summed E-state index contributed by atoms with van der Waals surface area (Å²) in [6.45, 7) is 0. The van der Waals surface area contributed by atoms with E-state index in [4.69, 9.17) is 5.26 Å². The van der Waals surface area contributed by atoms with E-state index < -0.39 is 0 Å². The van der Waals surface area contributed by atoms with Gasteiger partial charge in [0.1, 0.15) is 17.4 Å². The van der Waals surface area contributed by atoms with Gasteiger partial charge in [-0.2, -0.15) is 5.26 Å². The number of fused-ring (bicyclic) bond motifs is 1. The molecule has 3 rings (SSSR count). The lowest BCUT2D eigenvalue weighted by Gasteiger charge is -2.01. The highest BCUT2D eigenvalue weighted by atomic mass is 16.1. The second-order valence-electron chi connectivity index (χ2n) is 4.22. The van der Waals surface area contributed by atoms with Gasteiger partial charge in [-0.25, -0.2) is 4.98 Å². The molecule has 0 saturated carbocycles. The zero-order valence-corrected chi connectivity index (χ0v) is 10.2. The van der Waals surface area contributed by atoms with Crippen molar-refractivity contribution in [2.45, 2.75) is 0 Å². The lowest BCUT2D eigenvalue weighted by atomic mass is 10.2. The Hall–Kier alpha value is -2.87. The molecule has 2 heterocycles. The first-order valence-electron chi connectivity index (χ1n) is 5.75. The van der Waals surface area contributed by atoms with Crippen LogP contribution in [0.5, 0.6) is 0 Å². The number of H-pyrrole nitrogens is 1. The fourth-order valence-electron chi connectivity index (χ4n) is 2.15. The van der Waals surface area contributed by atoms with Crippen LogP contribution in [0.3, 0.4) is 0 Å². The van der Waals surface area contributed by atoms with Crippen LogP contribution in [0, 0.1) is 11.3 Å². The molecule has 0 spiro atoms. The minimum Gasteiger partial charge on any atom is -0.329 e. The minimum atomic E-state index is -0.176. The molecule has 0 fully saturated rings. The maximum Gasteiger partial charge on any atom is 0.248 e. The number of aromatic amines is 1. The summed E-state index contributed by atoms with van der Waals surface area (Å²) in [5, 5.41) is 9.10. The number of nitrogens with zero attached hydrogens (tertiary/aromatic N) is 3. The Bertz CT molecular complexity index is 867. The third kappa shape index (κ3) is 1.70. The van der Waals surface area contributed by atoms with E-state index >= 15 is 0 Å². The number of para-hydroxylation sites is 1. The maximum absolute atomic E-state index is 11.4. The molecule has 0 saturated heterocycles. The van der Waals surface area contributed by atoms with Crippen molar-refractivity contribution < 1.29 is 0 Å². The number of nitrogens with one attached hydrogen (secondary N) is 1. The quantitative estimate of drug-likeness (QED) is 0.715. The highest BCUT2D eigenvalue weighted by Gasteiger charge is 2.12. The van der Waals surface area contributed by atoms with E-state index in [0.29, 0.717) is 16.9 Å². The van der Waals surface area contributed by atoms with Crippen molar-refractivity contribution in [3.8, 4) is 17.5 Å². The average Bonchev–Trinajstić information content (AvgIpc) is 2.76. The Morgan fingerprint density at radius 2 is 2.21 bits per heavy atom. The fraction of sp³-hybridized carbons (Fsp3) is 0.0714. The zero-order valence-electron chi connectivity index (χ0n) is 10.2. The van der Waals surface area contributed by atoms with Crippen molar-refractivity contribution in [3.05, 3.63) is 52.4 Å². The summed E-state index contributed by atoms with van der Waals surface area (Å²) in [6, 6.07) is 10.9. The van der Waals surface area contributed by atoms with Crippen LogP contribution in [0.15, 0.2) is 41.3 Å². The topological polar surface area (TPSA) is 74.5 Å². The second kappa shape index (κ2) is 4.10. The fourth-order valence-corrected chi connectivity index (χ4v) is 2.15. The molecule has 5 heteroatoms. The second-order valence-corrected chi connectivity index (χ2v) is 4.22. The van der Waals surface area contributed by atoms with E-state index in [2.05, 4.69) is 16.0 Å². The smallest absolute Gasteiger partial charge is 0.248 e. The van der Waals surface area contributed by atoms with Crippen molar-refractivity contribution in [3.63, 3.8) is 0 Å². The van der Waals surface area contributed by atoms with Gasteiger partial charge in [0.15, 0.2) is 0 Å². The van der Waals surface area contributed by atoms with Gasteiger partial charge >= 0.3 is 0 Å². The summed E-state index contributed by atoms with van der Waals surface area (Å²) in [4.78, 5) is 18.4. The van der Waals surface area contributed by atoms with Crippen molar-refractivity contribution in [1.29, 1.82) is 5.26 Å². The van der Waals surface area contributed by atoms with E-state index in [0.717, 1.165) is 11.1 Å². The highest BCUT2D eigenvalue weighted by Crippen LogP contribution is 2.24. The van der Waals surface area contributed by atoms with Crippen LogP contribution >= 0.6 is 0 Å². The number of benzene rings is 1. The van der Waals surface area contributed by atoms with Crippen molar-refractivity contribution in [2.75, 3.05) is 0 Å². The van der Waals surface area contributed by atoms with E-state index in [1.54, 1.807) is 18.3 Å². The first-order chi connectivity index (χ1) is 9.20. The van der Waals surface area contributed by atoms with Crippen molar-refractivity contribution in [2.24, 2.45) is 7.05 Å². The van der Waals surface area contributed by atoms with E-state index in [9.17, 15) is 4.79 Å². The van der Waals surface area contributed by atoms with Gasteiger partial charge in [-0.15, -0.1) is 0 Å². The van der Waals surface area contributed by atoms with Gasteiger partial charge in [0.05, 0.1) is 11.1 Å². The van der Waals surface area contributed by atoms with Crippen molar-refractivity contribution >= 4 is 11.0 Å². The highest BCUT2D eigenvalue weighted by molar-refractivity contribution is 5.85. The van der Waals surface area contributed by atoms with Crippen LogP contribution in [0.25, 0.3) is 22.4 Å². The van der Waals surface area contributed by atoms with Crippen LogP contribution < -0.4 is 5.56 Å². The molecular weight excluding hydrogens is 240 g/mol. The standard InChI is InChI=1S/C14H10N4O/c1-18-11-4-2-3-10(8-15)13(11)17-14(18)9-5-6-16-12(19)7-9/h2-7H,1H3,(H,16,19). The molecule has 5 nitrogen and oxygen atoms in total. The Labute approximate surface area is 108 Å².